The lowest BCUT2D eigenvalue weighted by Crippen LogP contribution is -2.74. The molecule has 0 aliphatic heterocycles. The van der Waals surface area contributed by atoms with Crippen molar-refractivity contribution in [3.8, 4) is 0 Å². The molecule has 1 aromatic carbocycles. The Morgan fingerprint density at radius 1 is 1.15 bits per heavy atom. The predicted octanol–water partition coefficient (Wildman–Crippen LogP) is 3.90. The lowest BCUT2D eigenvalue weighted by Gasteiger charge is -2.40. The zero-order valence-corrected chi connectivity index (χ0v) is 18.7. The smallest absolute Gasteiger partial charge is 0.0773 e. The third kappa shape index (κ3) is 4.72. The summed E-state index contributed by atoms with van der Waals surface area (Å²) >= 11 is 0. The molecule has 3 heteroatoms. The highest BCUT2D eigenvalue weighted by atomic mass is 16.3. The molecule has 0 bridgehead atoms. The Kier molecular flexibility index (Phi) is 8.52. The lowest BCUT2D eigenvalue weighted by molar-refractivity contribution is -0.597. The molecule has 0 saturated carbocycles. The maximum absolute atomic E-state index is 10.4. The first kappa shape index (κ1) is 23.2. The molecule has 150 valence electrons. The molecule has 0 fully saturated rings. The van der Waals surface area contributed by atoms with Crippen LogP contribution in [0.2, 0.25) is 0 Å². The standard InChI is InChI=1S/C20H25NO.C2H7N.C2H6/c1-13(22)19-15-8-6-7-9-17(15)20(2,3)18-12-14(21(4)5)10-11-16(18)19;1-3-2;1-2/h6,8-13,22H,7H2,1-5H3;3H,1-2H3;1-2H3/p+1. The number of nitrogens with zero attached hydrogens (tertiary/aromatic N) is 1. The van der Waals surface area contributed by atoms with Gasteiger partial charge in [0, 0.05) is 25.2 Å². The van der Waals surface area contributed by atoms with Gasteiger partial charge in [0.15, 0.2) is 0 Å². The van der Waals surface area contributed by atoms with Gasteiger partial charge in [-0.3, -0.25) is 0 Å². The highest BCUT2D eigenvalue weighted by Gasteiger charge is 2.37. The van der Waals surface area contributed by atoms with E-state index in [4.69, 9.17) is 0 Å². The van der Waals surface area contributed by atoms with Crippen molar-refractivity contribution in [1.29, 1.82) is 0 Å². The summed E-state index contributed by atoms with van der Waals surface area (Å²) in [5, 5.41) is 12.4. The minimum Gasteiger partial charge on any atom is -0.389 e. The van der Waals surface area contributed by atoms with Crippen LogP contribution in [0.25, 0.3) is 5.57 Å². The van der Waals surface area contributed by atoms with Gasteiger partial charge in [-0.2, -0.15) is 0 Å². The Balaban J connectivity index is 0.000000665. The third-order valence-electron chi connectivity index (χ3n) is 4.90. The van der Waals surface area contributed by atoms with E-state index in [1.54, 1.807) is 0 Å². The van der Waals surface area contributed by atoms with E-state index in [1.807, 2.05) is 40.2 Å². The van der Waals surface area contributed by atoms with Gasteiger partial charge >= 0.3 is 0 Å². The van der Waals surface area contributed by atoms with E-state index in [9.17, 15) is 5.11 Å². The number of benzene rings is 1. The van der Waals surface area contributed by atoms with Crippen LogP contribution in [0, 0.1) is 0 Å². The number of quaternary nitrogens is 1. The second-order valence-corrected chi connectivity index (χ2v) is 7.59. The van der Waals surface area contributed by atoms with Gasteiger partial charge in [0.05, 0.1) is 20.2 Å². The van der Waals surface area contributed by atoms with E-state index in [0.717, 1.165) is 12.0 Å². The molecule has 0 spiro atoms. The van der Waals surface area contributed by atoms with E-state index < -0.39 is 6.10 Å². The predicted molar refractivity (Wildman–Crippen MR) is 119 cm³/mol. The van der Waals surface area contributed by atoms with Crippen molar-refractivity contribution in [2.24, 2.45) is 0 Å². The molecule has 1 atom stereocenters. The molecule has 2 aliphatic rings. The number of rotatable bonds is 2. The number of anilines is 1. The Bertz CT molecular complexity index is 722. The number of aliphatic hydroxyl groups excluding tert-OH is 1. The summed E-state index contributed by atoms with van der Waals surface area (Å²) in [4.78, 5) is 2.13. The highest BCUT2D eigenvalue weighted by molar-refractivity contribution is 5.86. The summed E-state index contributed by atoms with van der Waals surface area (Å²) in [6.45, 7) is 10.4. The lowest BCUT2D eigenvalue weighted by atomic mass is 9.64. The molecule has 0 heterocycles. The fraction of sp³-hybridized carbons (Fsp3) is 0.500. The average molecular weight is 372 g/mol. The SMILES string of the molecule is CC.CC(O)C1=C2C=CCC=C2C(C)(C)c2cc(N(C)C)ccc21.C[NH2+]C. The Morgan fingerprint density at radius 2 is 1.74 bits per heavy atom. The molecular weight excluding hydrogens is 332 g/mol. The van der Waals surface area contributed by atoms with Crippen molar-refractivity contribution in [2.45, 2.75) is 52.6 Å². The summed E-state index contributed by atoms with van der Waals surface area (Å²) in [6.07, 6.45) is 7.17. The van der Waals surface area contributed by atoms with Crippen LogP contribution in [0.3, 0.4) is 0 Å². The molecule has 1 aromatic rings. The van der Waals surface area contributed by atoms with E-state index >= 15 is 0 Å². The van der Waals surface area contributed by atoms with Gasteiger partial charge in [-0.05, 0) is 53.3 Å². The van der Waals surface area contributed by atoms with Crippen molar-refractivity contribution in [2.75, 3.05) is 33.1 Å². The van der Waals surface area contributed by atoms with E-state index in [-0.39, 0.29) is 5.41 Å². The van der Waals surface area contributed by atoms with Crippen molar-refractivity contribution in [3.05, 3.63) is 58.7 Å². The first-order chi connectivity index (χ1) is 12.8. The van der Waals surface area contributed by atoms with Crippen LogP contribution >= 0.6 is 0 Å². The number of aliphatic hydroxyl groups is 1. The van der Waals surface area contributed by atoms with Crippen LogP contribution in [0.5, 0.6) is 0 Å². The summed E-state index contributed by atoms with van der Waals surface area (Å²) in [6, 6.07) is 6.58. The quantitative estimate of drug-likeness (QED) is 0.828. The molecular formula is C24H39N2O+. The zero-order chi connectivity index (χ0) is 20.8. The van der Waals surface area contributed by atoms with Crippen molar-refractivity contribution in [1.82, 2.24) is 0 Å². The fourth-order valence-electron chi connectivity index (χ4n) is 3.70. The fourth-order valence-corrected chi connectivity index (χ4v) is 3.70. The number of allylic oxidation sites excluding steroid dienone is 5. The molecule has 3 rings (SSSR count). The van der Waals surface area contributed by atoms with E-state index in [2.05, 4.69) is 69.3 Å². The van der Waals surface area contributed by atoms with Crippen molar-refractivity contribution >= 4 is 11.3 Å². The topological polar surface area (TPSA) is 40.1 Å². The maximum atomic E-state index is 10.4. The third-order valence-corrected chi connectivity index (χ3v) is 4.90. The van der Waals surface area contributed by atoms with Crippen LogP contribution < -0.4 is 10.2 Å². The second-order valence-electron chi connectivity index (χ2n) is 7.59. The monoisotopic (exact) mass is 371 g/mol. The van der Waals surface area contributed by atoms with E-state index in [0.29, 0.717) is 0 Å². The molecule has 0 amide bonds. The van der Waals surface area contributed by atoms with Gasteiger partial charge in [0.25, 0.3) is 0 Å². The first-order valence-corrected chi connectivity index (χ1v) is 10.1. The van der Waals surface area contributed by atoms with Gasteiger partial charge in [0.1, 0.15) is 0 Å². The van der Waals surface area contributed by atoms with Crippen LogP contribution in [0.4, 0.5) is 5.69 Å². The number of fused-ring (bicyclic) bond motifs is 2. The minimum absolute atomic E-state index is 0.0418. The summed E-state index contributed by atoms with van der Waals surface area (Å²) in [7, 11) is 8.13. The summed E-state index contributed by atoms with van der Waals surface area (Å²) in [5.74, 6) is 0. The van der Waals surface area contributed by atoms with E-state index in [1.165, 1.54) is 28.0 Å². The number of hydrogen-bond acceptors (Lipinski definition) is 2. The van der Waals surface area contributed by atoms with Crippen molar-refractivity contribution in [3.63, 3.8) is 0 Å². The van der Waals surface area contributed by atoms with Gasteiger partial charge in [-0.15, -0.1) is 0 Å². The second kappa shape index (κ2) is 9.91. The number of hydrogen-bond donors (Lipinski definition) is 2. The largest absolute Gasteiger partial charge is 0.389 e. The van der Waals surface area contributed by atoms with Gasteiger partial charge in [-0.25, -0.2) is 0 Å². The Labute approximate surface area is 166 Å². The summed E-state index contributed by atoms with van der Waals surface area (Å²) in [5.41, 5.74) is 7.25. The average Bonchev–Trinajstić information content (AvgIpc) is 2.64. The van der Waals surface area contributed by atoms with Crippen LogP contribution in [0.15, 0.2) is 47.6 Å². The Morgan fingerprint density at radius 3 is 2.26 bits per heavy atom. The van der Waals surface area contributed by atoms with Crippen LogP contribution in [0.1, 0.15) is 52.2 Å². The molecule has 0 aromatic heterocycles. The molecule has 0 saturated heterocycles. The molecule has 27 heavy (non-hydrogen) atoms. The van der Waals surface area contributed by atoms with Crippen LogP contribution in [-0.4, -0.2) is 39.4 Å². The Hall–Kier alpha value is -1.84. The van der Waals surface area contributed by atoms with Gasteiger partial charge in [0.2, 0.25) is 0 Å². The summed E-state index contributed by atoms with van der Waals surface area (Å²) < 4.78 is 0. The van der Waals surface area contributed by atoms with Gasteiger partial charge in [-0.1, -0.05) is 52.0 Å². The highest BCUT2D eigenvalue weighted by Crippen LogP contribution is 2.49. The molecule has 3 N–H and O–H groups in total. The van der Waals surface area contributed by atoms with Gasteiger partial charge < -0.3 is 15.3 Å². The van der Waals surface area contributed by atoms with Crippen LogP contribution in [-0.2, 0) is 5.41 Å². The first-order valence-electron chi connectivity index (χ1n) is 10.1. The molecule has 3 nitrogen and oxygen atoms in total. The van der Waals surface area contributed by atoms with Crippen molar-refractivity contribution < 1.29 is 10.4 Å². The molecule has 2 aliphatic carbocycles. The normalized spacial score (nSPS) is 17.3. The molecule has 0 radical (unpaired) electrons. The molecule has 1 unspecified atom stereocenters. The maximum Gasteiger partial charge on any atom is 0.0773 e. The number of nitrogens with two attached hydrogens (primary N) is 1. The zero-order valence-electron chi connectivity index (χ0n) is 18.7. The minimum atomic E-state index is -0.471.